The number of aromatic nitrogens is 2. The van der Waals surface area contributed by atoms with Crippen molar-refractivity contribution in [3.8, 4) is 0 Å². The molecule has 1 fully saturated rings. The Morgan fingerprint density at radius 3 is 2.65 bits per heavy atom. The Kier molecular flexibility index (Phi) is 4.62. The molecule has 0 bridgehead atoms. The van der Waals surface area contributed by atoms with Gasteiger partial charge >= 0.3 is 0 Å². The number of aryl methyl sites for hydroxylation is 1. The van der Waals surface area contributed by atoms with Crippen molar-refractivity contribution < 1.29 is 4.79 Å². The first-order valence-corrected chi connectivity index (χ1v) is 8.35. The van der Waals surface area contributed by atoms with Crippen LogP contribution in [0.3, 0.4) is 0 Å². The van der Waals surface area contributed by atoms with Crippen molar-refractivity contribution in [3.63, 3.8) is 0 Å². The Morgan fingerprint density at radius 1 is 1.30 bits per heavy atom. The van der Waals surface area contributed by atoms with Gasteiger partial charge in [0.25, 0.3) is 0 Å². The maximum Gasteiger partial charge on any atom is 0.178 e. The summed E-state index contributed by atoms with van der Waals surface area (Å²) in [5.41, 5.74) is 4.50. The lowest BCUT2D eigenvalue weighted by Crippen LogP contribution is -2.28. The zero-order valence-electron chi connectivity index (χ0n) is 14.2. The number of likely N-dealkylation sites (N-methyl/N-ethyl adjacent to an activating group) is 1. The van der Waals surface area contributed by atoms with Gasteiger partial charge in [-0.2, -0.15) is 0 Å². The van der Waals surface area contributed by atoms with E-state index in [1.165, 1.54) is 24.1 Å². The molecular weight excluding hydrogens is 286 g/mol. The molecule has 0 radical (unpaired) electrons. The molecule has 23 heavy (non-hydrogen) atoms. The standard InChI is InChI=1S/C19H25N3O/c1-14-12-18(15(2)22(14)17-4-5-17)19(23)13-21(3)11-8-16-6-9-20-10-7-16/h6-7,9-10,12,17H,4-5,8,11,13H2,1-3H3. The van der Waals surface area contributed by atoms with Gasteiger partial charge in [-0.25, -0.2) is 0 Å². The fourth-order valence-electron chi connectivity index (χ4n) is 3.23. The average molecular weight is 311 g/mol. The highest BCUT2D eigenvalue weighted by molar-refractivity contribution is 5.99. The van der Waals surface area contributed by atoms with Crippen LogP contribution < -0.4 is 0 Å². The maximum atomic E-state index is 12.6. The van der Waals surface area contributed by atoms with Crippen molar-refractivity contribution in [1.29, 1.82) is 0 Å². The van der Waals surface area contributed by atoms with Gasteiger partial charge in [0.15, 0.2) is 5.78 Å². The second-order valence-electron chi connectivity index (χ2n) is 6.65. The summed E-state index contributed by atoms with van der Waals surface area (Å²) in [6.45, 7) is 5.53. The van der Waals surface area contributed by atoms with Crippen LogP contribution in [0.1, 0.15) is 46.2 Å². The Bertz CT molecular complexity index is 686. The number of Topliss-reactive ketones (excluding diaryl/α,β-unsaturated/α-hetero) is 1. The van der Waals surface area contributed by atoms with Gasteiger partial charge < -0.3 is 4.57 Å². The van der Waals surface area contributed by atoms with E-state index in [9.17, 15) is 4.79 Å². The van der Waals surface area contributed by atoms with E-state index in [1.54, 1.807) is 0 Å². The lowest BCUT2D eigenvalue weighted by Gasteiger charge is -2.16. The van der Waals surface area contributed by atoms with Crippen molar-refractivity contribution in [2.75, 3.05) is 20.1 Å². The normalized spacial score (nSPS) is 14.4. The first kappa shape index (κ1) is 15.9. The number of rotatable bonds is 7. The van der Waals surface area contributed by atoms with Gasteiger partial charge in [-0.15, -0.1) is 0 Å². The van der Waals surface area contributed by atoms with Crippen LogP contribution in [-0.2, 0) is 6.42 Å². The lowest BCUT2D eigenvalue weighted by molar-refractivity contribution is 0.0946. The summed E-state index contributed by atoms with van der Waals surface area (Å²) < 4.78 is 2.34. The van der Waals surface area contributed by atoms with E-state index in [1.807, 2.05) is 31.6 Å². The molecule has 1 saturated carbocycles. The second kappa shape index (κ2) is 6.67. The monoisotopic (exact) mass is 311 g/mol. The summed E-state index contributed by atoms with van der Waals surface area (Å²) in [5, 5.41) is 0. The van der Waals surface area contributed by atoms with Crippen LogP contribution in [0.2, 0.25) is 0 Å². The molecule has 3 rings (SSSR count). The van der Waals surface area contributed by atoms with E-state index < -0.39 is 0 Å². The molecule has 1 aliphatic rings. The number of carbonyl (C=O) groups is 1. The molecule has 0 aliphatic heterocycles. The highest BCUT2D eigenvalue weighted by Gasteiger charge is 2.28. The minimum Gasteiger partial charge on any atom is -0.345 e. The molecule has 1 aliphatic carbocycles. The van der Waals surface area contributed by atoms with Crippen LogP contribution in [0.4, 0.5) is 0 Å². The van der Waals surface area contributed by atoms with Crippen molar-refractivity contribution in [2.45, 2.75) is 39.2 Å². The predicted molar refractivity (Wildman–Crippen MR) is 91.9 cm³/mol. The zero-order valence-corrected chi connectivity index (χ0v) is 14.2. The molecule has 0 saturated heterocycles. The molecule has 0 N–H and O–H groups in total. The molecule has 0 atom stereocenters. The average Bonchev–Trinajstić information content (AvgIpc) is 3.32. The van der Waals surface area contributed by atoms with Gasteiger partial charge in [0, 0.05) is 41.9 Å². The number of pyridine rings is 1. The first-order valence-electron chi connectivity index (χ1n) is 8.35. The topological polar surface area (TPSA) is 38.1 Å². The Morgan fingerprint density at radius 2 is 2.00 bits per heavy atom. The summed E-state index contributed by atoms with van der Waals surface area (Å²) in [6.07, 6.45) is 7.06. The van der Waals surface area contributed by atoms with Crippen LogP contribution >= 0.6 is 0 Å². The van der Waals surface area contributed by atoms with Crippen LogP contribution in [0.15, 0.2) is 30.6 Å². The van der Waals surface area contributed by atoms with E-state index in [0.29, 0.717) is 12.6 Å². The predicted octanol–water partition coefficient (Wildman–Crippen LogP) is 3.19. The van der Waals surface area contributed by atoms with Gasteiger partial charge in [0.05, 0.1) is 6.54 Å². The summed E-state index contributed by atoms with van der Waals surface area (Å²) in [5.74, 6) is 0.224. The third kappa shape index (κ3) is 3.70. The van der Waals surface area contributed by atoms with Crippen molar-refractivity contribution >= 4 is 5.78 Å². The van der Waals surface area contributed by atoms with E-state index in [2.05, 4.69) is 34.4 Å². The molecular formula is C19H25N3O. The summed E-state index contributed by atoms with van der Waals surface area (Å²) in [4.78, 5) is 18.8. The lowest BCUT2D eigenvalue weighted by atomic mass is 10.1. The first-order chi connectivity index (χ1) is 11.1. The number of hydrogen-bond donors (Lipinski definition) is 0. The zero-order chi connectivity index (χ0) is 16.4. The van der Waals surface area contributed by atoms with Gasteiger partial charge in [-0.3, -0.25) is 14.7 Å². The van der Waals surface area contributed by atoms with E-state index >= 15 is 0 Å². The van der Waals surface area contributed by atoms with Crippen molar-refractivity contribution in [3.05, 3.63) is 53.1 Å². The molecule has 4 nitrogen and oxygen atoms in total. The molecule has 0 spiro atoms. The maximum absolute atomic E-state index is 12.6. The smallest absolute Gasteiger partial charge is 0.178 e. The fourth-order valence-corrected chi connectivity index (χ4v) is 3.23. The molecule has 4 heteroatoms. The third-order valence-corrected chi connectivity index (χ3v) is 4.64. The fraction of sp³-hybridized carbons (Fsp3) is 0.474. The SMILES string of the molecule is Cc1cc(C(=O)CN(C)CCc2ccncc2)c(C)n1C1CC1. The summed E-state index contributed by atoms with van der Waals surface area (Å²) in [6, 6.07) is 6.74. The van der Waals surface area contributed by atoms with Crippen molar-refractivity contribution in [1.82, 2.24) is 14.5 Å². The van der Waals surface area contributed by atoms with Gasteiger partial charge in [-0.05, 0) is 63.9 Å². The number of carbonyl (C=O) groups excluding carboxylic acids is 1. The molecule has 2 heterocycles. The largest absolute Gasteiger partial charge is 0.345 e. The Balaban J connectivity index is 1.59. The molecule has 2 aromatic heterocycles. The van der Waals surface area contributed by atoms with Crippen LogP contribution in [0, 0.1) is 13.8 Å². The van der Waals surface area contributed by atoms with Gasteiger partial charge in [-0.1, -0.05) is 0 Å². The number of hydrogen-bond acceptors (Lipinski definition) is 3. The van der Waals surface area contributed by atoms with Crippen LogP contribution in [0.5, 0.6) is 0 Å². The summed E-state index contributed by atoms with van der Waals surface area (Å²) in [7, 11) is 2.01. The molecule has 122 valence electrons. The number of nitrogens with zero attached hydrogens (tertiary/aromatic N) is 3. The van der Waals surface area contributed by atoms with Crippen LogP contribution in [-0.4, -0.2) is 40.4 Å². The van der Waals surface area contributed by atoms with Crippen LogP contribution in [0.25, 0.3) is 0 Å². The highest BCUT2D eigenvalue weighted by atomic mass is 16.1. The van der Waals surface area contributed by atoms with E-state index in [0.717, 1.165) is 24.2 Å². The quantitative estimate of drug-likeness (QED) is 0.737. The Labute approximate surface area is 138 Å². The minimum atomic E-state index is 0.224. The molecule has 0 amide bonds. The van der Waals surface area contributed by atoms with E-state index in [4.69, 9.17) is 0 Å². The summed E-state index contributed by atoms with van der Waals surface area (Å²) >= 11 is 0. The van der Waals surface area contributed by atoms with Crippen molar-refractivity contribution in [2.24, 2.45) is 0 Å². The van der Waals surface area contributed by atoms with Gasteiger partial charge in [0.1, 0.15) is 0 Å². The minimum absolute atomic E-state index is 0.224. The number of ketones is 1. The van der Waals surface area contributed by atoms with E-state index in [-0.39, 0.29) is 5.78 Å². The molecule has 0 unspecified atom stereocenters. The molecule has 0 aromatic carbocycles. The Hall–Kier alpha value is -1.94. The highest BCUT2D eigenvalue weighted by Crippen LogP contribution is 2.38. The molecule has 2 aromatic rings. The second-order valence-corrected chi connectivity index (χ2v) is 6.65. The third-order valence-electron chi connectivity index (χ3n) is 4.64. The van der Waals surface area contributed by atoms with Gasteiger partial charge in [0.2, 0.25) is 0 Å².